The van der Waals surface area contributed by atoms with E-state index in [1.54, 1.807) is 0 Å². The van der Waals surface area contributed by atoms with Crippen LogP contribution in [0.4, 0.5) is 0 Å². The Bertz CT molecular complexity index is 119. The van der Waals surface area contributed by atoms with Gasteiger partial charge in [0, 0.05) is 18.8 Å². The molecule has 0 aromatic rings. The minimum Gasteiger partial charge on any atom is -0.382 e. The summed E-state index contributed by atoms with van der Waals surface area (Å²) in [6, 6.07) is 0. The molecular weight excluding hydrogens is 150 g/mol. The normalized spacial score (nSPS) is 22.5. The summed E-state index contributed by atoms with van der Waals surface area (Å²) in [6.07, 6.45) is 7.42. The van der Waals surface area contributed by atoms with Crippen LogP contribution in [0.1, 0.15) is 45.4 Å². The highest BCUT2D eigenvalue weighted by molar-refractivity contribution is 4.86. The van der Waals surface area contributed by atoms with Crippen LogP contribution in [0.15, 0.2) is 0 Å². The van der Waals surface area contributed by atoms with E-state index in [2.05, 4.69) is 0 Å². The molecule has 0 aromatic heterocycles. The van der Waals surface area contributed by atoms with Crippen LogP contribution in [0, 0.1) is 0 Å². The van der Waals surface area contributed by atoms with Crippen molar-refractivity contribution in [2.24, 2.45) is 5.73 Å². The van der Waals surface area contributed by atoms with Gasteiger partial charge in [-0.15, -0.1) is 0 Å². The van der Waals surface area contributed by atoms with Crippen molar-refractivity contribution in [2.75, 3.05) is 13.2 Å². The first-order valence-electron chi connectivity index (χ1n) is 5.13. The largest absolute Gasteiger partial charge is 0.382 e. The lowest BCUT2D eigenvalue weighted by Crippen LogP contribution is -2.42. The summed E-state index contributed by atoms with van der Waals surface area (Å²) < 4.78 is 5.32. The molecule has 2 heteroatoms. The van der Waals surface area contributed by atoms with E-state index in [9.17, 15) is 0 Å². The van der Waals surface area contributed by atoms with Crippen LogP contribution in [0.2, 0.25) is 0 Å². The lowest BCUT2D eigenvalue weighted by Gasteiger charge is -2.33. The van der Waals surface area contributed by atoms with Crippen molar-refractivity contribution in [1.82, 2.24) is 0 Å². The second-order valence-corrected chi connectivity index (χ2v) is 3.87. The van der Waals surface area contributed by atoms with Gasteiger partial charge in [0.2, 0.25) is 0 Å². The van der Waals surface area contributed by atoms with Crippen LogP contribution in [0.5, 0.6) is 0 Å². The van der Waals surface area contributed by atoms with E-state index in [-0.39, 0.29) is 5.54 Å². The van der Waals surface area contributed by atoms with Gasteiger partial charge in [-0.25, -0.2) is 0 Å². The van der Waals surface area contributed by atoms with Crippen molar-refractivity contribution in [3.05, 3.63) is 0 Å². The van der Waals surface area contributed by atoms with Crippen LogP contribution >= 0.6 is 0 Å². The molecule has 0 saturated heterocycles. The summed E-state index contributed by atoms with van der Waals surface area (Å²) in [5.41, 5.74) is 6.32. The molecule has 0 spiro atoms. The molecule has 72 valence electrons. The average Bonchev–Trinajstić information content (AvgIpc) is 2.06. The van der Waals surface area contributed by atoms with Gasteiger partial charge in [0.15, 0.2) is 0 Å². The van der Waals surface area contributed by atoms with E-state index in [1.807, 2.05) is 6.92 Å². The van der Waals surface area contributed by atoms with E-state index in [0.717, 1.165) is 19.6 Å². The number of nitrogens with two attached hydrogens (primary N) is 1. The molecule has 1 aliphatic carbocycles. The third-order valence-corrected chi connectivity index (χ3v) is 2.80. The topological polar surface area (TPSA) is 35.2 Å². The molecule has 0 bridgehead atoms. The van der Waals surface area contributed by atoms with E-state index in [0.29, 0.717) is 0 Å². The number of rotatable bonds is 4. The predicted molar refractivity (Wildman–Crippen MR) is 51.1 cm³/mol. The van der Waals surface area contributed by atoms with Crippen LogP contribution in [-0.2, 0) is 4.74 Å². The number of ether oxygens (including phenoxy) is 1. The maximum Gasteiger partial charge on any atom is 0.0483 e. The minimum absolute atomic E-state index is 0.105. The van der Waals surface area contributed by atoms with Crippen molar-refractivity contribution < 1.29 is 4.74 Å². The third-order valence-electron chi connectivity index (χ3n) is 2.80. The lowest BCUT2D eigenvalue weighted by atomic mass is 9.80. The summed E-state index contributed by atoms with van der Waals surface area (Å²) >= 11 is 0. The minimum atomic E-state index is 0.105. The number of hydrogen-bond donors (Lipinski definition) is 1. The van der Waals surface area contributed by atoms with Crippen LogP contribution < -0.4 is 5.73 Å². The Morgan fingerprint density at radius 1 is 1.25 bits per heavy atom. The molecule has 0 aromatic carbocycles. The summed E-state index contributed by atoms with van der Waals surface area (Å²) in [6.45, 7) is 3.69. The zero-order valence-electron chi connectivity index (χ0n) is 8.14. The highest BCUT2D eigenvalue weighted by atomic mass is 16.5. The van der Waals surface area contributed by atoms with Gasteiger partial charge in [-0.05, 0) is 26.2 Å². The van der Waals surface area contributed by atoms with Crippen molar-refractivity contribution in [3.8, 4) is 0 Å². The van der Waals surface area contributed by atoms with Gasteiger partial charge in [-0.1, -0.05) is 19.3 Å². The molecule has 2 nitrogen and oxygen atoms in total. The maximum atomic E-state index is 6.22. The van der Waals surface area contributed by atoms with Crippen LogP contribution in [0.3, 0.4) is 0 Å². The van der Waals surface area contributed by atoms with Gasteiger partial charge in [0.25, 0.3) is 0 Å². The average molecular weight is 171 g/mol. The van der Waals surface area contributed by atoms with Crippen molar-refractivity contribution in [2.45, 2.75) is 51.0 Å². The first-order chi connectivity index (χ1) is 5.77. The smallest absolute Gasteiger partial charge is 0.0483 e. The van der Waals surface area contributed by atoms with E-state index in [4.69, 9.17) is 10.5 Å². The Morgan fingerprint density at radius 2 is 1.92 bits per heavy atom. The fourth-order valence-electron chi connectivity index (χ4n) is 1.93. The van der Waals surface area contributed by atoms with E-state index in [1.165, 1.54) is 32.1 Å². The molecule has 1 fully saturated rings. The Balaban J connectivity index is 2.17. The van der Waals surface area contributed by atoms with Gasteiger partial charge < -0.3 is 10.5 Å². The van der Waals surface area contributed by atoms with Crippen LogP contribution in [0.25, 0.3) is 0 Å². The fourth-order valence-corrected chi connectivity index (χ4v) is 1.93. The predicted octanol–water partition coefficient (Wildman–Crippen LogP) is 2.07. The molecule has 12 heavy (non-hydrogen) atoms. The SMILES string of the molecule is CCOCCC1(N)CCCCC1. The monoisotopic (exact) mass is 171 g/mol. The first kappa shape index (κ1) is 10.0. The molecule has 1 rings (SSSR count). The molecule has 0 heterocycles. The zero-order chi connectivity index (χ0) is 8.86. The van der Waals surface area contributed by atoms with Crippen molar-refractivity contribution in [1.29, 1.82) is 0 Å². The first-order valence-corrected chi connectivity index (χ1v) is 5.13. The zero-order valence-corrected chi connectivity index (χ0v) is 8.14. The maximum absolute atomic E-state index is 6.22. The second kappa shape index (κ2) is 4.83. The van der Waals surface area contributed by atoms with Crippen molar-refractivity contribution >= 4 is 0 Å². The van der Waals surface area contributed by atoms with Gasteiger partial charge >= 0.3 is 0 Å². The van der Waals surface area contributed by atoms with Crippen LogP contribution in [-0.4, -0.2) is 18.8 Å². The molecule has 0 aliphatic heterocycles. The molecular formula is C10H21NO. The standard InChI is InChI=1S/C10H21NO/c1-2-12-9-8-10(11)6-4-3-5-7-10/h2-9,11H2,1H3. The second-order valence-electron chi connectivity index (χ2n) is 3.87. The summed E-state index contributed by atoms with van der Waals surface area (Å²) in [5, 5.41) is 0. The highest BCUT2D eigenvalue weighted by Gasteiger charge is 2.26. The Morgan fingerprint density at radius 3 is 2.50 bits per heavy atom. The lowest BCUT2D eigenvalue weighted by molar-refractivity contribution is 0.115. The third kappa shape index (κ3) is 3.11. The van der Waals surface area contributed by atoms with E-state index >= 15 is 0 Å². The quantitative estimate of drug-likeness (QED) is 0.657. The molecule has 1 saturated carbocycles. The molecule has 0 unspecified atom stereocenters. The molecule has 1 aliphatic rings. The Labute approximate surface area is 75.5 Å². The van der Waals surface area contributed by atoms with Gasteiger partial charge in [0.05, 0.1) is 0 Å². The fraction of sp³-hybridized carbons (Fsp3) is 1.00. The Hall–Kier alpha value is -0.0800. The summed E-state index contributed by atoms with van der Waals surface area (Å²) in [7, 11) is 0. The molecule has 0 amide bonds. The van der Waals surface area contributed by atoms with Gasteiger partial charge in [0.1, 0.15) is 0 Å². The Kier molecular flexibility index (Phi) is 4.02. The molecule has 0 atom stereocenters. The number of hydrogen-bond acceptors (Lipinski definition) is 2. The summed E-state index contributed by atoms with van der Waals surface area (Å²) in [4.78, 5) is 0. The van der Waals surface area contributed by atoms with Gasteiger partial charge in [-0.2, -0.15) is 0 Å². The van der Waals surface area contributed by atoms with Gasteiger partial charge in [-0.3, -0.25) is 0 Å². The highest BCUT2D eigenvalue weighted by Crippen LogP contribution is 2.28. The summed E-state index contributed by atoms with van der Waals surface area (Å²) in [5.74, 6) is 0. The molecule has 2 N–H and O–H groups in total. The van der Waals surface area contributed by atoms with E-state index < -0.39 is 0 Å². The molecule has 0 radical (unpaired) electrons. The van der Waals surface area contributed by atoms with Crippen molar-refractivity contribution in [3.63, 3.8) is 0 Å².